The molecule has 1 saturated heterocycles. The van der Waals surface area contributed by atoms with E-state index in [1.54, 1.807) is 31.2 Å². The van der Waals surface area contributed by atoms with E-state index in [0.29, 0.717) is 25.4 Å². The Kier molecular flexibility index (Phi) is 6.66. The van der Waals surface area contributed by atoms with E-state index in [1.165, 1.54) is 34.7 Å². The van der Waals surface area contributed by atoms with Crippen molar-refractivity contribution in [1.29, 1.82) is 0 Å². The van der Waals surface area contributed by atoms with Gasteiger partial charge in [0.1, 0.15) is 16.5 Å². The van der Waals surface area contributed by atoms with Crippen LogP contribution in [0.25, 0.3) is 6.08 Å². The van der Waals surface area contributed by atoms with Crippen LogP contribution in [0.15, 0.2) is 53.4 Å². The molecule has 29 heavy (non-hydrogen) atoms. The van der Waals surface area contributed by atoms with Crippen molar-refractivity contribution >= 4 is 27.7 Å². The Morgan fingerprint density at radius 2 is 1.93 bits per heavy atom. The van der Waals surface area contributed by atoms with Gasteiger partial charge in [-0.15, -0.1) is 0 Å². The number of sulfonamides is 1. The summed E-state index contributed by atoms with van der Waals surface area (Å²) in [6, 6.07) is 10.6. The van der Waals surface area contributed by atoms with E-state index in [9.17, 15) is 17.6 Å². The summed E-state index contributed by atoms with van der Waals surface area (Å²) in [6.07, 6.45) is 4.20. The zero-order chi connectivity index (χ0) is 20.9. The van der Waals surface area contributed by atoms with Gasteiger partial charge in [-0.3, -0.25) is 4.79 Å². The van der Waals surface area contributed by atoms with E-state index in [1.807, 2.05) is 0 Å². The number of hydrogen-bond donors (Lipinski definition) is 1. The van der Waals surface area contributed by atoms with E-state index < -0.39 is 21.7 Å². The van der Waals surface area contributed by atoms with Crippen molar-refractivity contribution in [2.24, 2.45) is 0 Å². The van der Waals surface area contributed by atoms with E-state index in [-0.39, 0.29) is 16.2 Å². The van der Waals surface area contributed by atoms with Crippen molar-refractivity contribution in [3.05, 3.63) is 59.9 Å². The lowest BCUT2D eigenvalue weighted by atomic mass is 10.2. The zero-order valence-corrected chi connectivity index (χ0v) is 16.9. The Bertz CT molecular complexity index is 1020. The first kappa shape index (κ1) is 21.0. The maximum atomic E-state index is 13.6. The van der Waals surface area contributed by atoms with Crippen LogP contribution in [0.2, 0.25) is 0 Å². The summed E-state index contributed by atoms with van der Waals surface area (Å²) < 4.78 is 46.5. The molecule has 6 nitrogen and oxygen atoms in total. The summed E-state index contributed by atoms with van der Waals surface area (Å²) in [7, 11) is -3.72. The number of ether oxygens (including phenoxy) is 1. The molecule has 1 aliphatic rings. The summed E-state index contributed by atoms with van der Waals surface area (Å²) in [5.74, 6) is -0.683. The number of rotatable bonds is 7. The third-order valence-electron chi connectivity index (χ3n) is 4.51. The molecule has 2 aromatic carbocycles. The van der Waals surface area contributed by atoms with Crippen molar-refractivity contribution in [1.82, 2.24) is 4.31 Å². The van der Waals surface area contributed by atoms with Crippen LogP contribution in [-0.4, -0.2) is 38.3 Å². The second-order valence-corrected chi connectivity index (χ2v) is 8.46. The first-order valence-corrected chi connectivity index (χ1v) is 10.9. The van der Waals surface area contributed by atoms with Gasteiger partial charge in [0.2, 0.25) is 15.9 Å². The average Bonchev–Trinajstić information content (AvgIpc) is 3.24. The fraction of sp³-hybridized carbons (Fsp3) is 0.286. The molecule has 0 aliphatic carbocycles. The number of nitrogens with zero attached hydrogens (tertiary/aromatic N) is 1. The van der Waals surface area contributed by atoms with E-state index in [4.69, 9.17) is 4.74 Å². The maximum absolute atomic E-state index is 13.6. The second kappa shape index (κ2) is 9.19. The van der Waals surface area contributed by atoms with Crippen LogP contribution in [-0.2, 0) is 14.8 Å². The van der Waals surface area contributed by atoms with Gasteiger partial charge in [-0.05, 0) is 50.1 Å². The van der Waals surface area contributed by atoms with Crippen LogP contribution in [0.3, 0.4) is 0 Å². The Hall–Kier alpha value is -2.71. The summed E-state index contributed by atoms with van der Waals surface area (Å²) in [5.41, 5.74) is 0.598. The van der Waals surface area contributed by atoms with Crippen LogP contribution in [0.4, 0.5) is 10.1 Å². The van der Waals surface area contributed by atoms with Gasteiger partial charge in [-0.2, -0.15) is 4.31 Å². The van der Waals surface area contributed by atoms with Crippen molar-refractivity contribution in [3.8, 4) is 5.75 Å². The van der Waals surface area contributed by atoms with Crippen LogP contribution in [0.5, 0.6) is 5.75 Å². The molecular formula is C21H23FN2O4S. The molecule has 2 aromatic rings. The first-order chi connectivity index (χ1) is 13.9. The quantitative estimate of drug-likeness (QED) is 0.697. The average molecular weight is 418 g/mol. The molecule has 0 radical (unpaired) electrons. The SMILES string of the molecule is CCOc1ccc(NC(=O)/C=C/c2ccccc2F)cc1S(=O)(=O)N1CCCC1. The van der Waals surface area contributed by atoms with E-state index >= 15 is 0 Å². The summed E-state index contributed by atoms with van der Waals surface area (Å²) in [5, 5.41) is 2.62. The monoisotopic (exact) mass is 418 g/mol. The highest BCUT2D eigenvalue weighted by molar-refractivity contribution is 7.89. The largest absolute Gasteiger partial charge is 0.492 e. The predicted molar refractivity (Wildman–Crippen MR) is 110 cm³/mol. The fourth-order valence-corrected chi connectivity index (χ4v) is 4.76. The van der Waals surface area contributed by atoms with Gasteiger partial charge in [0.25, 0.3) is 0 Å². The van der Waals surface area contributed by atoms with Crippen LogP contribution in [0, 0.1) is 5.82 Å². The second-order valence-electron chi connectivity index (χ2n) is 6.55. The van der Waals surface area contributed by atoms with Crippen LogP contribution < -0.4 is 10.1 Å². The number of hydrogen-bond acceptors (Lipinski definition) is 4. The number of amides is 1. The Morgan fingerprint density at radius 3 is 2.62 bits per heavy atom. The van der Waals surface area contributed by atoms with Gasteiger partial charge < -0.3 is 10.1 Å². The molecule has 1 N–H and O–H groups in total. The molecule has 8 heteroatoms. The maximum Gasteiger partial charge on any atom is 0.248 e. The Morgan fingerprint density at radius 1 is 1.21 bits per heavy atom. The lowest BCUT2D eigenvalue weighted by Gasteiger charge is -2.19. The fourth-order valence-electron chi connectivity index (χ4n) is 3.09. The summed E-state index contributed by atoms with van der Waals surface area (Å²) in [6.45, 7) is 3.03. The minimum Gasteiger partial charge on any atom is -0.492 e. The molecular weight excluding hydrogens is 395 g/mol. The number of nitrogens with one attached hydrogen (secondary N) is 1. The topological polar surface area (TPSA) is 75.7 Å². The third-order valence-corrected chi connectivity index (χ3v) is 6.43. The third kappa shape index (κ3) is 5.02. The van der Waals surface area contributed by atoms with E-state index in [0.717, 1.165) is 12.8 Å². The van der Waals surface area contributed by atoms with Gasteiger partial charge in [0, 0.05) is 30.4 Å². The minimum atomic E-state index is -3.72. The standard InChI is InChI=1S/C21H23FN2O4S/c1-2-28-19-11-10-17(15-20(19)29(26,27)24-13-5-6-14-24)23-21(25)12-9-16-7-3-4-8-18(16)22/h3-4,7-12,15H,2,5-6,13-14H2,1H3,(H,23,25)/b12-9+. The van der Waals surface area contributed by atoms with Crippen molar-refractivity contribution in [3.63, 3.8) is 0 Å². The van der Waals surface area contributed by atoms with Crippen LogP contribution >= 0.6 is 0 Å². The predicted octanol–water partition coefficient (Wildman–Crippen LogP) is 3.66. The highest BCUT2D eigenvalue weighted by Gasteiger charge is 2.30. The smallest absolute Gasteiger partial charge is 0.248 e. The zero-order valence-electron chi connectivity index (χ0n) is 16.1. The lowest BCUT2D eigenvalue weighted by Crippen LogP contribution is -2.28. The highest BCUT2D eigenvalue weighted by atomic mass is 32.2. The molecule has 0 saturated carbocycles. The normalized spacial score (nSPS) is 15.0. The number of carbonyl (C=O) groups is 1. The molecule has 1 amide bonds. The van der Waals surface area contributed by atoms with E-state index in [2.05, 4.69) is 5.32 Å². The highest BCUT2D eigenvalue weighted by Crippen LogP contribution is 2.31. The number of carbonyl (C=O) groups excluding carboxylic acids is 1. The summed E-state index contributed by atoms with van der Waals surface area (Å²) >= 11 is 0. The molecule has 0 atom stereocenters. The molecule has 0 bridgehead atoms. The summed E-state index contributed by atoms with van der Waals surface area (Å²) in [4.78, 5) is 12.2. The van der Waals surface area contributed by atoms with Crippen molar-refractivity contribution in [2.75, 3.05) is 25.0 Å². The number of halogens is 1. The number of benzene rings is 2. The molecule has 0 unspecified atom stereocenters. The molecule has 1 heterocycles. The molecule has 3 rings (SSSR count). The lowest BCUT2D eigenvalue weighted by molar-refractivity contribution is -0.111. The first-order valence-electron chi connectivity index (χ1n) is 9.42. The van der Waals surface area contributed by atoms with Gasteiger partial charge in [0.15, 0.2) is 0 Å². The molecule has 154 valence electrons. The molecule has 0 spiro atoms. The number of anilines is 1. The van der Waals surface area contributed by atoms with Crippen molar-refractivity contribution in [2.45, 2.75) is 24.7 Å². The Balaban J connectivity index is 1.83. The van der Waals surface area contributed by atoms with Gasteiger partial charge in [-0.1, -0.05) is 18.2 Å². The minimum absolute atomic E-state index is 0.0251. The molecule has 1 aliphatic heterocycles. The molecule has 0 aromatic heterocycles. The van der Waals surface area contributed by atoms with Crippen LogP contribution in [0.1, 0.15) is 25.3 Å². The van der Waals surface area contributed by atoms with Gasteiger partial charge >= 0.3 is 0 Å². The molecule has 1 fully saturated rings. The van der Waals surface area contributed by atoms with Gasteiger partial charge in [0.05, 0.1) is 6.61 Å². The Labute approximate surface area is 170 Å². The van der Waals surface area contributed by atoms with Crippen molar-refractivity contribution < 1.29 is 22.3 Å². The van der Waals surface area contributed by atoms with Gasteiger partial charge in [-0.25, -0.2) is 12.8 Å².